The van der Waals surface area contributed by atoms with Crippen LogP contribution in [0.5, 0.6) is 11.6 Å². The van der Waals surface area contributed by atoms with Gasteiger partial charge in [0.25, 0.3) is 0 Å². The average molecular weight is 374 g/mol. The molecule has 10 heteroatoms. The van der Waals surface area contributed by atoms with Crippen LogP contribution in [-0.4, -0.2) is 46.1 Å². The summed E-state index contributed by atoms with van der Waals surface area (Å²) in [5, 5.41) is 0.227. The van der Waals surface area contributed by atoms with Gasteiger partial charge in [0.05, 0.1) is 18.2 Å². The lowest BCUT2D eigenvalue weighted by molar-refractivity contribution is 0.187. The van der Waals surface area contributed by atoms with Crippen LogP contribution in [0.2, 0.25) is 0 Å². The zero-order chi connectivity index (χ0) is 17.3. The molecule has 0 spiro atoms. The summed E-state index contributed by atoms with van der Waals surface area (Å²) in [7, 11) is 1.39. The third-order valence-electron chi connectivity index (χ3n) is 3.98. The molecular weight excluding hydrogens is 354 g/mol. The van der Waals surface area contributed by atoms with Crippen molar-refractivity contribution in [2.75, 3.05) is 19.4 Å². The average Bonchev–Trinajstić information content (AvgIpc) is 3.03. The molecule has 0 saturated carbocycles. The Bertz CT molecular complexity index is 731. The number of aromatic nitrogens is 2. The van der Waals surface area contributed by atoms with Gasteiger partial charge in [-0.1, -0.05) is 11.3 Å². The fourth-order valence-electron chi connectivity index (χ4n) is 2.78. The topological polar surface area (TPSA) is 105 Å². The van der Waals surface area contributed by atoms with Crippen molar-refractivity contribution in [2.24, 2.45) is 0 Å². The van der Waals surface area contributed by atoms with Crippen molar-refractivity contribution >= 4 is 16.5 Å². The normalized spacial score (nSPS) is 20.3. The molecule has 25 heavy (non-hydrogen) atoms. The first-order valence-electron chi connectivity index (χ1n) is 7.47. The third-order valence-corrected chi connectivity index (χ3v) is 4.83. The Labute approximate surface area is 147 Å². The Morgan fingerprint density at radius 1 is 1.44 bits per heavy atom. The highest BCUT2D eigenvalue weighted by Crippen LogP contribution is 2.28. The fourth-order valence-corrected chi connectivity index (χ4v) is 3.52. The molecule has 1 saturated heterocycles. The van der Waals surface area contributed by atoms with Crippen molar-refractivity contribution in [2.45, 2.75) is 32.0 Å². The summed E-state index contributed by atoms with van der Waals surface area (Å²) < 4.78 is 37.8. The molecule has 0 amide bonds. The maximum Gasteiger partial charge on any atom is 0.230 e. The van der Waals surface area contributed by atoms with E-state index in [-0.39, 0.29) is 28.5 Å². The van der Waals surface area contributed by atoms with E-state index in [0.717, 1.165) is 24.0 Å². The van der Waals surface area contributed by atoms with Crippen LogP contribution < -0.4 is 15.2 Å². The van der Waals surface area contributed by atoms with Gasteiger partial charge in [-0.3, -0.25) is 4.90 Å². The number of likely N-dealkylation sites (tertiary alicyclic amines) is 1. The highest BCUT2D eigenvalue weighted by Gasteiger charge is 2.32. The van der Waals surface area contributed by atoms with Crippen LogP contribution in [0.1, 0.15) is 18.2 Å². The van der Waals surface area contributed by atoms with Gasteiger partial charge in [0.2, 0.25) is 11.8 Å². The SMILES string of the molecule is COc1cc(O[C@@H]2C[C@H](C)N(Cc3sc(N)nc3F)C2)ncc1F.O. The number of anilines is 1. The maximum atomic E-state index is 13.7. The molecule has 3 rings (SSSR count). The molecular formula is C15H20F2N4O3S. The standard InChI is InChI=1S/C15H18F2N4O2S.H2O/c1-8-3-9(23-13-4-11(22-2)10(16)5-19-13)6-21(8)7-12-14(17)20-15(18)24-12;/h4-5,8-9H,3,6-7H2,1-2H3,(H2,18,20);1H2/t8-,9+;/m0./s1. The lowest BCUT2D eigenvalue weighted by Crippen LogP contribution is -2.28. The number of methoxy groups -OCH3 is 1. The predicted octanol–water partition coefficient (Wildman–Crippen LogP) is 1.62. The number of thiazole rings is 1. The molecule has 0 aliphatic carbocycles. The number of halogens is 2. The van der Waals surface area contributed by atoms with Gasteiger partial charge in [0.15, 0.2) is 16.7 Å². The van der Waals surface area contributed by atoms with E-state index in [1.165, 1.54) is 13.2 Å². The number of ether oxygens (including phenoxy) is 2. The monoisotopic (exact) mass is 374 g/mol. The number of nitrogen functional groups attached to an aromatic ring is 1. The van der Waals surface area contributed by atoms with Crippen molar-refractivity contribution < 1.29 is 23.7 Å². The Hall–Kier alpha value is -2.04. The highest BCUT2D eigenvalue weighted by molar-refractivity contribution is 7.15. The molecule has 1 aliphatic rings. The predicted molar refractivity (Wildman–Crippen MR) is 89.8 cm³/mol. The van der Waals surface area contributed by atoms with Crippen LogP contribution >= 0.6 is 11.3 Å². The molecule has 0 bridgehead atoms. The Balaban J connectivity index is 0.00000225. The van der Waals surface area contributed by atoms with Gasteiger partial charge in [0, 0.05) is 31.6 Å². The first-order chi connectivity index (χ1) is 11.5. The Morgan fingerprint density at radius 3 is 2.84 bits per heavy atom. The van der Waals surface area contributed by atoms with Crippen LogP contribution in [0.3, 0.4) is 0 Å². The maximum absolute atomic E-state index is 13.7. The molecule has 2 aromatic rings. The van der Waals surface area contributed by atoms with Crippen LogP contribution in [0.15, 0.2) is 12.3 Å². The highest BCUT2D eigenvalue weighted by atomic mass is 32.1. The summed E-state index contributed by atoms with van der Waals surface area (Å²) in [6, 6.07) is 1.63. The minimum absolute atomic E-state index is 0. The van der Waals surface area contributed by atoms with Crippen LogP contribution in [0.25, 0.3) is 0 Å². The van der Waals surface area contributed by atoms with Gasteiger partial charge < -0.3 is 20.7 Å². The summed E-state index contributed by atoms with van der Waals surface area (Å²) in [5.41, 5.74) is 5.53. The van der Waals surface area contributed by atoms with E-state index in [2.05, 4.69) is 14.9 Å². The molecule has 4 N–H and O–H groups in total. The van der Waals surface area contributed by atoms with Crippen LogP contribution in [0, 0.1) is 11.8 Å². The van der Waals surface area contributed by atoms with Gasteiger partial charge in [-0.05, 0) is 6.92 Å². The lowest BCUT2D eigenvalue weighted by atomic mass is 10.2. The third kappa shape index (κ3) is 4.33. The van der Waals surface area contributed by atoms with Gasteiger partial charge in [-0.25, -0.2) is 9.37 Å². The lowest BCUT2D eigenvalue weighted by Gasteiger charge is -2.19. The number of rotatable bonds is 5. The van der Waals surface area contributed by atoms with E-state index >= 15 is 0 Å². The summed E-state index contributed by atoms with van der Waals surface area (Å²) in [5.74, 6) is -0.658. The minimum atomic E-state index is -0.537. The molecule has 1 aliphatic heterocycles. The largest absolute Gasteiger partial charge is 0.493 e. The molecule has 1 fully saturated rings. The molecule has 0 unspecified atom stereocenters. The zero-order valence-electron chi connectivity index (χ0n) is 13.8. The summed E-state index contributed by atoms with van der Waals surface area (Å²) in [6.07, 6.45) is 1.72. The van der Waals surface area contributed by atoms with E-state index in [1.807, 2.05) is 6.92 Å². The zero-order valence-corrected chi connectivity index (χ0v) is 14.6. The summed E-state index contributed by atoms with van der Waals surface area (Å²) in [4.78, 5) is 10.1. The first-order valence-corrected chi connectivity index (χ1v) is 8.28. The molecule has 3 heterocycles. The number of pyridine rings is 1. The van der Waals surface area contributed by atoms with E-state index in [0.29, 0.717) is 23.8 Å². The van der Waals surface area contributed by atoms with Gasteiger partial charge >= 0.3 is 0 Å². The second kappa shape index (κ2) is 7.89. The smallest absolute Gasteiger partial charge is 0.230 e. The first kappa shape index (κ1) is 19.3. The van der Waals surface area contributed by atoms with Crippen LogP contribution in [0.4, 0.5) is 13.9 Å². The number of hydrogen-bond donors (Lipinski definition) is 1. The van der Waals surface area contributed by atoms with Crippen LogP contribution in [-0.2, 0) is 6.54 Å². The van der Waals surface area contributed by atoms with E-state index < -0.39 is 11.8 Å². The molecule has 138 valence electrons. The Kier molecular flexibility index (Phi) is 6.09. The van der Waals surface area contributed by atoms with Gasteiger partial charge in [-0.2, -0.15) is 9.37 Å². The number of nitrogens with two attached hydrogens (primary N) is 1. The second-order valence-electron chi connectivity index (χ2n) is 5.68. The molecule has 0 radical (unpaired) electrons. The van der Waals surface area contributed by atoms with Gasteiger partial charge in [0.1, 0.15) is 6.10 Å². The van der Waals surface area contributed by atoms with Crippen molar-refractivity contribution in [1.29, 1.82) is 0 Å². The van der Waals surface area contributed by atoms with E-state index in [4.69, 9.17) is 15.2 Å². The van der Waals surface area contributed by atoms with Gasteiger partial charge in [-0.15, -0.1) is 0 Å². The molecule has 0 aromatic carbocycles. The minimum Gasteiger partial charge on any atom is -0.493 e. The fraction of sp³-hybridized carbons (Fsp3) is 0.467. The van der Waals surface area contributed by atoms with Crippen molar-refractivity contribution in [3.8, 4) is 11.6 Å². The molecule has 2 aromatic heterocycles. The summed E-state index contributed by atoms with van der Waals surface area (Å²) in [6.45, 7) is 3.09. The number of hydrogen-bond acceptors (Lipinski definition) is 7. The second-order valence-corrected chi connectivity index (χ2v) is 6.79. The van der Waals surface area contributed by atoms with E-state index in [1.54, 1.807) is 0 Å². The quantitative estimate of drug-likeness (QED) is 0.853. The summed E-state index contributed by atoms with van der Waals surface area (Å²) >= 11 is 1.15. The van der Waals surface area contributed by atoms with E-state index in [9.17, 15) is 8.78 Å². The van der Waals surface area contributed by atoms with Crippen molar-refractivity contribution in [1.82, 2.24) is 14.9 Å². The number of nitrogens with zero attached hydrogens (tertiary/aromatic N) is 3. The molecule has 2 atom stereocenters. The molecule has 7 nitrogen and oxygen atoms in total. The van der Waals surface area contributed by atoms with Crippen molar-refractivity contribution in [3.63, 3.8) is 0 Å². The Morgan fingerprint density at radius 2 is 2.20 bits per heavy atom. The van der Waals surface area contributed by atoms with Crippen molar-refractivity contribution in [3.05, 3.63) is 28.9 Å².